The third-order valence-electron chi connectivity index (χ3n) is 8.43. The molecule has 0 aromatic heterocycles. The Labute approximate surface area is 275 Å². The highest BCUT2D eigenvalue weighted by atomic mass is 31.2. The van der Waals surface area contributed by atoms with E-state index in [1.165, 1.54) is 0 Å². The summed E-state index contributed by atoms with van der Waals surface area (Å²) in [5, 5.41) is 133. The van der Waals surface area contributed by atoms with Gasteiger partial charge >= 0.3 is 7.82 Å². The third kappa shape index (κ3) is 9.10. The minimum Gasteiger partial charge on any atom is -0.394 e. The van der Waals surface area contributed by atoms with Crippen molar-refractivity contribution < 1.29 is 118 Å². The van der Waals surface area contributed by atoms with Crippen molar-refractivity contribution in [2.24, 2.45) is 0 Å². The van der Waals surface area contributed by atoms with Crippen LogP contribution in [0.2, 0.25) is 0 Å². The van der Waals surface area contributed by atoms with E-state index in [-0.39, 0.29) is 0 Å². The SMILES string of the molecule is O=P(O)(O)OC[C@H]1O[C@H](O[C@H]2[C@H](O)[C@@H](O)[C@@H](O[C@H]3[C@H](O)[C@@H](O)C(O)O[C@@H]3CO)O[C@@H]2CO)[C@H](O)[C@@H](O)[C@@H]1O[C@H]1O[C@H](CO)[C@@H](O)[C@H](O)[C@H]1O. The molecular weight excluding hydrogens is 703 g/mol. The van der Waals surface area contributed by atoms with Crippen molar-refractivity contribution in [2.75, 3.05) is 26.4 Å². The predicted molar refractivity (Wildman–Crippen MR) is 145 cm³/mol. The molecule has 0 spiro atoms. The molecule has 4 aliphatic rings. The van der Waals surface area contributed by atoms with Gasteiger partial charge in [0.1, 0.15) is 97.7 Å². The lowest BCUT2D eigenvalue weighted by molar-refractivity contribution is -0.387. The fraction of sp³-hybridized carbons (Fsp3) is 1.00. The smallest absolute Gasteiger partial charge is 0.394 e. The van der Waals surface area contributed by atoms with E-state index < -0.39 is 157 Å². The molecule has 0 radical (unpaired) electrons. The average molecular weight is 747 g/mol. The highest BCUT2D eigenvalue weighted by Crippen LogP contribution is 2.39. The Morgan fingerprint density at radius 1 is 0.449 bits per heavy atom. The van der Waals surface area contributed by atoms with E-state index in [2.05, 4.69) is 4.52 Å². The number of phosphoric acid groups is 1. The summed E-state index contributed by atoms with van der Waals surface area (Å²) >= 11 is 0. The maximum atomic E-state index is 11.5. The summed E-state index contributed by atoms with van der Waals surface area (Å²) in [6.07, 6.45) is -37.7. The second-order valence-electron chi connectivity index (χ2n) is 11.7. The normalized spacial score (nSPS) is 49.9. The first-order valence-electron chi connectivity index (χ1n) is 14.9. The van der Waals surface area contributed by atoms with E-state index >= 15 is 0 Å². The minimum atomic E-state index is -5.23. The quantitative estimate of drug-likeness (QED) is 0.0824. The van der Waals surface area contributed by atoms with Crippen LogP contribution in [0.3, 0.4) is 0 Å². The summed E-state index contributed by atoms with van der Waals surface area (Å²) < 4.78 is 53.6. The van der Waals surface area contributed by atoms with Gasteiger partial charge in [-0.25, -0.2) is 4.57 Å². The van der Waals surface area contributed by atoms with Gasteiger partial charge in [-0.2, -0.15) is 0 Å². The average Bonchev–Trinajstić information content (AvgIpc) is 3.06. The van der Waals surface area contributed by atoms with E-state index in [0.29, 0.717) is 0 Å². The van der Waals surface area contributed by atoms with Crippen LogP contribution >= 0.6 is 7.82 Å². The molecule has 0 aliphatic carbocycles. The fourth-order valence-electron chi connectivity index (χ4n) is 5.70. The van der Waals surface area contributed by atoms with Crippen molar-refractivity contribution in [3.8, 4) is 0 Å². The Morgan fingerprint density at radius 3 is 1.27 bits per heavy atom. The van der Waals surface area contributed by atoms with Crippen LogP contribution in [0, 0.1) is 0 Å². The van der Waals surface area contributed by atoms with Crippen molar-refractivity contribution in [1.82, 2.24) is 0 Å². The predicted octanol–water partition coefficient (Wildman–Crippen LogP) is -9.63. The lowest BCUT2D eigenvalue weighted by Crippen LogP contribution is -2.67. The second kappa shape index (κ2) is 17.0. The van der Waals surface area contributed by atoms with Crippen LogP contribution in [0.4, 0.5) is 0 Å². The van der Waals surface area contributed by atoms with Gasteiger partial charge in [0.05, 0.1) is 26.4 Å². The number of hydrogen-bond acceptors (Lipinski definition) is 22. The molecule has 4 fully saturated rings. The van der Waals surface area contributed by atoms with E-state index in [0.717, 1.165) is 0 Å². The number of ether oxygens (including phenoxy) is 7. The second-order valence-corrected chi connectivity index (χ2v) is 13.0. The monoisotopic (exact) mass is 746 g/mol. The maximum Gasteiger partial charge on any atom is 0.469 e. The molecule has 0 amide bonds. The van der Waals surface area contributed by atoms with Crippen LogP contribution in [-0.4, -0.2) is 225 Å². The first kappa shape index (κ1) is 41.1. The van der Waals surface area contributed by atoms with E-state index in [9.17, 15) is 80.7 Å². The first-order chi connectivity index (χ1) is 22.9. The largest absolute Gasteiger partial charge is 0.469 e. The summed E-state index contributed by atoms with van der Waals surface area (Å²) in [6, 6.07) is 0. The van der Waals surface area contributed by atoms with Crippen LogP contribution in [0.15, 0.2) is 0 Å². The molecule has 0 aromatic carbocycles. The van der Waals surface area contributed by atoms with Gasteiger partial charge in [0.2, 0.25) is 0 Å². The number of rotatable bonds is 12. The van der Waals surface area contributed by atoms with Gasteiger partial charge in [-0.1, -0.05) is 0 Å². The fourth-order valence-corrected chi connectivity index (χ4v) is 6.04. The van der Waals surface area contributed by atoms with Crippen molar-refractivity contribution in [1.29, 1.82) is 0 Å². The molecule has 4 saturated heterocycles. The zero-order chi connectivity index (χ0) is 36.5. The van der Waals surface area contributed by atoms with Crippen LogP contribution in [0.25, 0.3) is 0 Å². The topological polar surface area (TPSA) is 394 Å². The molecule has 49 heavy (non-hydrogen) atoms. The number of phosphoric ester groups is 1. The minimum absolute atomic E-state index is 0.848. The van der Waals surface area contributed by atoms with E-state index in [4.69, 9.17) is 33.2 Å². The van der Waals surface area contributed by atoms with Gasteiger partial charge in [0, 0.05) is 0 Å². The van der Waals surface area contributed by atoms with Gasteiger partial charge in [-0.3, -0.25) is 4.52 Å². The Hall–Kier alpha value is -0.690. The van der Waals surface area contributed by atoms with Crippen LogP contribution in [0.1, 0.15) is 0 Å². The molecule has 4 heterocycles. The Bertz CT molecular complexity index is 1080. The molecule has 4 aliphatic heterocycles. The molecule has 24 nitrogen and oxygen atoms in total. The molecule has 4 rings (SSSR count). The molecule has 0 aromatic rings. The van der Waals surface area contributed by atoms with Gasteiger partial charge < -0.3 is 109 Å². The zero-order valence-corrected chi connectivity index (χ0v) is 26.1. The summed E-state index contributed by atoms with van der Waals surface area (Å²) in [5.74, 6) is 0. The van der Waals surface area contributed by atoms with Crippen molar-refractivity contribution >= 4 is 7.82 Å². The van der Waals surface area contributed by atoms with Crippen molar-refractivity contribution in [3.63, 3.8) is 0 Å². The summed E-state index contributed by atoms with van der Waals surface area (Å²) in [7, 11) is -5.23. The number of aliphatic hydroxyl groups excluding tert-OH is 13. The number of hydrogen-bond donors (Lipinski definition) is 15. The zero-order valence-electron chi connectivity index (χ0n) is 25.2. The van der Waals surface area contributed by atoms with Gasteiger partial charge in [-0.15, -0.1) is 0 Å². The van der Waals surface area contributed by atoms with Gasteiger partial charge in [0.15, 0.2) is 25.2 Å². The summed E-state index contributed by atoms with van der Waals surface area (Å²) in [6.45, 7) is -3.80. The summed E-state index contributed by atoms with van der Waals surface area (Å²) in [4.78, 5) is 18.5. The van der Waals surface area contributed by atoms with Crippen LogP contribution in [0.5, 0.6) is 0 Å². The Morgan fingerprint density at radius 2 is 0.816 bits per heavy atom. The van der Waals surface area contributed by atoms with E-state index in [1.54, 1.807) is 0 Å². The molecule has 0 saturated carbocycles. The van der Waals surface area contributed by atoms with Gasteiger partial charge in [-0.05, 0) is 0 Å². The first-order valence-corrected chi connectivity index (χ1v) is 16.4. The lowest BCUT2D eigenvalue weighted by Gasteiger charge is -2.49. The van der Waals surface area contributed by atoms with Gasteiger partial charge in [0.25, 0.3) is 0 Å². The van der Waals surface area contributed by atoms with Crippen LogP contribution < -0.4 is 0 Å². The molecule has 1 unspecified atom stereocenters. The molecule has 20 atom stereocenters. The molecular formula is C24H43O24P. The lowest BCUT2D eigenvalue weighted by atomic mass is 9.95. The Balaban J connectivity index is 1.50. The number of aliphatic hydroxyl groups is 13. The maximum absolute atomic E-state index is 11.5. The molecule has 0 bridgehead atoms. The molecule has 15 N–H and O–H groups in total. The van der Waals surface area contributed by atoms with Crippen LogP contribution in [-0.2, 0) is 42.2 Å². The molecule has 25 heteroatoms. The highest BCUT2D eigenvalue weighted by molar-refractivity contribution is 7.46. The Kier molecular flexibility index (Phi) is 14.2. The highest BCUT2D eigenvalue weighted by Gasteiger charge is 2.55. The summed E-state index contributed by atoms with van der Waals surface area (Å²) in [5.41, 5.74) is 0. The van der Waals surface area contributed by atoms with E-state index in [1.807, 2.05) is 0 Å². The standard InChI is InChI=1S/C24H43O24P/c25-1-5-9(28)10(29)15(34)22(43-5)48-20-8(4-41-49(38,39)40)45-24(17(36)13(20)32)47-19-7(3-27)44-23(16(35)12(19)31)46-18-6(2-26)42-21(37)14(33)11(18)30/h5-37H,1-4H2,(H2,38,39,40)/t5-,6-,7-,8-,9-,10+,11-,12-,13-,14-,15-,16-,17-,18-,19-,20-,21?,22-,23-,24-/m1/s1. The van der Waals surface area contributed by atoms with Crippen molar-refractivity contribution in [2.45, 2.75) is 123 Å². The van der Waals surface area contributed by atoms with Crippen molar-refractivity contribution in [3.05, 3.63) is 0 Å². The molecule has 288 valence electrons. The third-order valence-corrected chi connectivity index (χ3v) is 8.92.